The summed E-state index contributed by atoms with van der Waals surface area (Å²) in [6, 6.07) is 6.06. The molecule has 2 rings (SSSR count). The van der Waals surface area contributed by atoms with Gasteiger partial charge in [-0.15, -0.1) is 0 Å². The van der Waals surface area contributed by atoms with Gasteiger partial charge in [0.1, 0.15) is 5.82 Å². The predicted molar refractivity (Wildman–Crippen MR) is 71.3 cm³/mol. The Kier molecular flexibility index (Phi) is 3.93. The zero-order chi connectivity index (χ0) is 13.8. The van der Waals surface area contributed by atoms with Gasteiger partial charge in [0.2, 0.25) is 0 Å². The van der Waals surface area contributed by atoms with Gasteiger partial charge >= 0.3 is 0 Å². The standard InChI is InChI=1S/C14H11FN2OS/c1-9-7-19-8-12(9)14(18)17-6-11-3-2-10(5-16)4-13(11)15/h2-4,7-8H,6H2,1H3,(H,17,18). The summed E-state index contributed by atoms with van der Waals surface area (Å²) in [5.41, 5.74) is 2.14. The highest BCUT2D eigenvalue weighted by Crippen LogP contribution is 2.14. The summed E-state index contributed by atoms with van der Waals surface area (Å²) >= 11 is 1.45. The Morgan fingerprint density at radius 2 is 2.26 bits per heavy atom. The van der Waals surface area contributed by atoms with Crippen molar-refractivity contribution in [2.45, 2.75) is 13.5 Å². The van der Waals surface area contributed by atoms with E-state index in [2.05, 4.69) is 5.32 Å². The molecule has 19 heavy (non-hydrogen) atoms. The Bertz CT molecular complexity index is 658. The molecule has 2 aromatic rings. The Balaban J connectivity index is 2.06. The summed E-state index contributed by atoms with van der Waals surface area (Å²) in [4.78, 5) is 11.9. The molecule has 1 aromatic carbocycles. The highest BCUT2D eigenvalue weighted by Gasteiger charge is 2.10. The van der Waals surface area contributed by atoms with Gasteiger partial charge in [-0.25, -0.2) is 4.39 Å². The van der Waals surface area contributed by atoms with E-state index in [0.29, 0.717) is 11.1 Å². The first-order valence-corrected chi connectivity index (χ1v) is 6.55. The molecule has 0 unspecified atom stereocenters. The zero-order valence-electron chi connectivity index (χ0n) is 10.2. The number of nitrogens with zero attached hydrogens (tertiary/aromatic N) is 1. The van der Waals surface area contributed by atoms with Crippen LogP contribution in [0.15, 0.2) is 29.0 Å². The maximum absolute atomic E-state index is 13.6. The Labute approximate surface area is 114 Å². The lowest BCUT2D eigenvalue weighted by Gasteiger charge is -2.06. The molecule has 0 aliphatic carbocycles. The minimum Gasteiger partial charge on any atom is -0.348 e. The summed E-state index contributed by atoms with van der Waals surface area (Å²) in [6.45, 7) is 1.96. The number of benzene rings is 1. The molecule has 0 saturated heterocycles. The Morgan fingerprint density at radius 1 is 1.47 bits per heavy atom. The maximum atomic E-state index is 13.6. The van der Waals surface area contributed by atoms with Crippen LogP contribution in [-0.2, 0) is 6.54 Å². The molecule has 5 heteroatoms. The molecular formula is C14H11FN2OS. The van der Waals surface area contributed by atoms with Gasteiger partial charge in [-0.2, -0.15) is 16.6 Å². The molecule has 0 bridgehead atoms. The quantitative estimate of drug-likeness (QED) is 0.935. The van der Waals surface area contributed by atoms with Gasteiger partial charge in [0.25, 0.3) is 5.91 Å². The van der Waals surface area contributed by atoms with E-state index in [1.54, 1.807) is 5.38 Å². The molecule has 0 fully saturated rings. The van der Waals surface area contributed by atoms with Crippen LogP contribution >= 0.6 is 11.3 Å². The van der Waals surface area contributed by atoms with Crippen LogP contribution in [0.25, 0.3) is 0 Å². The van der Waals surface area contributed by atoms with Crippen molar-refractivity contribution in [2.24, 2.45) is 0 Å². The average Bonchev–Trinajstić information content (AvgIpc) is 2.83. The average molecular weight is 274 g/mol. The number of halogens is 1. The summed E-state index contributed by atoms with van der Waals surface area (Å²) in [5, 5.41) is 15.0. The van der Waals surface area contributed by atoms with Crippen molar-refractivity contribution in [2.75, 3.05) is 0 Å². The monoisotopic (exact) mass is 274 g/mol. The highest BCUT2D eigenvalue weighted by molar-refractivity contribution is 7.08. The molecule has 1 N–H and O–H groups in total. The van der Waals surface area contributed by atoms with Crippen LogP contribution < -0.4 is 5.32 Å². The molecule has 0 radical (unpaired) electrons. The van der Waals surface area contributed by atoms with Crippen molar-refractivity contribution in [3.8, 4) is 6.07 Å². The van der Waals surface area contributed by atoms with Gasteiger partial charge in [0, 0.05) is 17.5 Å². The van der Waals surface area contributed by atoms with Crippen molar-refractivity contribution in [1.29, 1.82) is 5.26 Å². The molecule has 0 aliphatic rings. The lowest BCUT2D eigenvalue weighted by atomic mass is 10.1. The second kappa shape index (κ2) is 5.63. The van der Waals surface area contributed by atoms with Crippen molar-refractivity contribution < 1.29 is 9.18 Å². The molecule has 0 aliphatic heterocycles. The van der Waals surface area contributed by atoms with Gasteiger partial charge in [0.15, 0.2) is 0 Å². The third-order valence-corrected chi connectivity index (χ3v) is 3.58. The first kappa shape index (κ1) is 13.2. The SMILES string of the molecule is Cc1cscc1C(=O)NCc1ccc(C#N)cc1F. The number of thiophene rings is 1. The van der Waals surface area contributed by atoms with Crippen LogP contribution in [0.5, 0.6) is 0 Å². The smallest absolute Gasteiger partial charge is 0.252 e. The van der Waals surface area contributed by atoms with Gasteiger partial charge in [-0.3, -0.25) is 4.79 Å². The number of carbonyl (C=O) groups is 1. The number of carbonyl (C=O) groups excluding carboxylic acids is 1. The van der Waals surface area contributed by atoms with Crippen LogP contribution in [-0.4, -0.2) is 5.91 Å². The molecule has 0 saturated carbocycles. The Hall–Kier alpha value is -2.19. The summed E-state index contributed by atoms with van der Waals surface area (Å²) in [7, 11) is 0. The van der Waals surface area contributed by atoms with Crippen molar-refractivity contribution in [3.05, 3.63) is 57.0 Å². The third-order valence-electron chi connectivity index (χ3n) is 2.72. The van der Waals surface area contributed by atoms with Crippen LogP contribution in [0, 0.1) is 24.1 Å². The van der Waals surface area contributed by atoms with E-state index in [-0.39, 0.29) is 18.0 Å². The van der Waals surface area contributed by atoms with Gasteiger partial charge in [-0.1, -0.05) is 6.07 Å². The minimum atomic E-state index is -0.485. The van der Waals surface area contributed by atoms with E-state index < -0.39 is 5.82 Å². The molecule has 1 aromatic heterocycles. The van der Waals surface area contributed by atoms with Crippen LogP contribution in [0.4, 0.5) is 4.39 Å². The molecule has 3 nitrogen and oxygen atoms in total. The number of nitriles is 1. The van der Waals surface area contributed by atoms with Gasteiger partial charge in [0.05, 0.1) is 17.2 Å². The van der Waals surface area contributed by atoms with Gasteiger partial charge < -0.3 is 5.32 Å². The second-order valence-corrected chi connectivity index (χ2v) is 4.81. The normalized spacial score (nSPS) is 9.95. The van der Waals surface area contributed by atoms with E-state index in [1.807, 2.05) is 18.4 Å². The molecule has 96 valence electrons. The minimum absolute atomic E-state index is 0.103. The van der Waals surface area contributed by atoms with Crippen LogP contribution in [0.3, 0.4) is 0 Å². The van der Waals surface area contributed by atoms with E-state index >= 15 is 0 Å². The number of amides is 1. The topological polar surface area (TPSA) is 52.9 Å². The lowest BCUT2D eigenvalue weighted by Crippen LogP contribution is -2.23. The van der Waals surface area contributed by atoms with Crippen LogP contribution in [0.2, 0.25) is 0 Å². The number of hydrogen-bond donors (Lipinski definition) is 1. The summed E-state index contributed by atoms with van der Waals surface area (Å²) in [6.07, 6.45) is 0. The maximum Gasteiger partial charge on any atom is 0.252 e. The third kappa shape index (κ3) is 2.98. The fraction of sp³-hybridized carbons (Fsp3) is 0.143. The largest absolute Gasteiger partial charge is 0.348 e. The van der Waals surface area contributed by atoms with Crippen molar-refractivity contribution in [1.82, 2.24) is 5.32 Å². The van der Waals surface area contributed by atoms with Gasteiger partial charge in [-0.05, 0) is 30.0 Å². The lowest BCUT2D eigenvalue weighted by molar-refractivity contribution is 0.0950. The zero-order valence-corrected chi connectivity index (χ0v) is 11.1. The highest BCUT2D eigenvalue weighted by atomic mass is 32.1. The first-order valence-electron chi connectivity index (χ1n) is 5.61. The van der Waals surface area contributed by atoms with E-state index in [1.165, 1.54) is 23.5 Å². The van der Waals surface area contributed by atoms with Crippen LogP contribution in [0.1, 0.15) is 27.0 Å². The second-order valence-electron chi connectivity index (χ2n) is 4.07. The molecule has 1 amide bonds. The number of hydrogen-bond acceptors (Lipinski definition) is 3. The van der Waals surface area contributed by atoms with E-state index in [0.717, 1.165) is 11.6 Å². The van der Waals surface area contributed by atoms with E-state index in [4.69, 9.17) is 5.26 Å². The first-order chi connectivity index (χ1) is 9.11. The summed E-state index contributed by atoms with van der Waals surface area (Å²) < 4.78 is 13.6. The molecule has 1 heterocycles. The predicted octanol–water partition coefficient (Wildman–Crippen LogP) is 3.00. The summed E-state index contributed by atoms with van der Waals surface area (Å²) in [5.74, 6) is -0.705. The van der Waals surface area contributed by atoms with Crippen molar-refractivity contribution >= 4 is 17.2 Å². The fourth-order valence-corrected chi connectivity index (χ4v) is 2.45. The number of aryl methyl sites for hydroxylation is 1. The molecular weight excluding hydrogens is 263 g/mol. The van der Waals surface area contributed by atoms with E-state index in [9.17, 15) is 9.18 Å². The number of rotatable bonds is 3. The molecule has 0 spiro atoms. The Morgan fingerprint density at radius 3 is 2.84 bits per heavy atom. The number of nitrogens with one attached hydrogen (secondary N) is 1. The van der Waals surface area contributed by atoms with Crippen molar-refractivity contribution in [3.63, 3.8) is 0 Å². The fourth-order valence-electron chi connectivity index (χ4n) is 1.62. The molecule has 0 atom stereocenters.